The summed E-state index contributed by atoms with van der Waals surface area (Å²) < 4.78 is 1.85. The fourth-order valence-corrected chi connectivity index (χ4v) is 2.83. The van der Waals surface area contributed by atoms with Gasteiger partial charge in [-0.2, -0.15) is 5.10 Å². The number of piperidine rings is 1. The van der Waals surface area contributed by atoms with Crippen LogP contribution in [0.3, 0.4) is 0 Å². The minimum Gasteiger partial charge on any atom is -0.307 e. The van der Waals surface area contributed by atoms with Crippen molar-refractivity contribution >= 4 is 16.7 Å². The van der Waals surface area contributed by atoms with E-state index in [2.05, 4.69) is 10.4 Å². The molecule has 0 amide bonds. The summed E-state index contributed by atoms with van der Waals surface area (Å²) in [5, 5.41) is 8.89. The van der Waals surface area contributed by atoms with E-state index >= 15 is 0 Å². The monoisotopic (exact) mass is 257 g/mol. The molecule has 1 saturated heterocycles. The van der Waals surface area contributed by atoms with Gasteiger partial charge >= 0.3 is 0 Å². The number of Topliss-reactive ketones (excluding diaryl/α,β-unsaturated/α-hetero) is 1. The van der Waals surface area contributed by atoms with Crippen LogP contribution in [-0.4, -0.2) is 28.2 Å². The van der Waals surface area contributed by atoms with Crippen LogP contribution in [-0.2, 0) is 18.3 Å². The highest BCUT2D eigenvalue weighted by atomic mass is 16.1. The van der Waals surface area contributed by atoms with Crippen LogP contribution in [0.5, 0.6) is 0 Å². The number of ketones is 1. The summed E-state index contributed by atoms with van der Waals surface area (Å²) in [4.78, 5) is 12.3. The summed E-state index contributed by atoms with van der Waals surface area (Å²) in [7, 11) is 1.93. The molecule has 4 heteroatoms. The molecule has 1 atom stereocenters. The lowest BCUT2D eigenvalue weighted by atomic mass is 9.98. The number of carbonyl (C=O) groups is 1. The first-order chi connectivity index (χ1) is 9.25. The molecule has 1 aromatic heterocycles. The van der Waals surface area contributed by atoms with Crippen LogP contribution in [0.4, 0.5) is 0 Å². The maximum atomic E-state index is 12.3. The predicted molar refractivity (Wildman–Crippen MR) is 75.1 cm³/mol. The van der Waals surface area contributed by atoms with Crippen molar-refractivity contribution in [1.82, 2.24) is 15.1 Å². The Balaban J connectivity index is 1.83. The van der Waals surface area contributed by atoms with Crippen LogP contribution in [0.1, 0.15) is 25.0 Å². The zero-order chi connectivity index (χ0) is 13.2. The van der Waals surface area contributed by atoms with E-state index in [9.17, 15) is 4.79 Å². The van der Waals surface area contributed by atoms with Crippen LogP contribution >= 0.6 is 0 Å². The van der Waals surface area contributed by atoms with Gasteiger partial charge < -0.3 is 5.32 Å². The van der Waals surface area contributed by atoms with E-state index in [1.165, 1.54) is 6.42 Å². The number of hydrogen-bond donors (Lipinski definition) is 1. The molecule has 2 aromatic rings. The Morgan fingerprint density at radius 1 is 1.42 bits per heavy atom. The van der Waals surface area contributed by atoms with E-state index in [1.807, 2.05) is 36.0 Å². The van der Waals surface area contributed by atoms with Crippen molar-refractivity contribution in [2.75, 3.05) is 6.54 Å². The highest BCUT2D eigenvalue weighted by molar-refractivity contribution is 5.91. The molecule has 1 unspecified atom stereocenters. The molecule has 2 heterocycles. The molecule has 0 bridgehead atoms. The van der Waals surface area contributed by atoms with Crippen molar-refractivity contribution in [3.63, 3.8) is 0 Å². The van der Waals surface area contributed by atoms with E-state index in [0.717, 1.165) is 36.0 Å². The average molecular weight is 257 g/mol. The fourth-order valence-electron chi connectivity index (χ4n) is 2.83. The summed E-state index contributed by atoms with van der Waals surface area (Å²) in [5.41, 5.74) is 1.98. The number of carbonyl (C=O) groups excluding carboxylic acids is 1. The first-order valence-electron chi connectivity index (χ1n) is 6.92. The van der Waals surface area contributed by atoms with Crippen LogP contribution in [0.25, 0.3) is 10.9 Å². The van der Waals surface area contributed by atoms with Crippen molar-refractivity contribution in [3.05, 3.63) is 30.0 Å². The van der Waals surface area contributed by atoms with Crippen LogP contribution < -0.4 is 5.32 Å². The third kappa shape index (κ3) is 2.40. The molecule has 3 rings (SSSR count). The maximum Gasteiger partial charge on any atom is 0.155 e. The second-order valence-electron chi connectivity index (χ2n) is 5.23. The number of hydrogen-bond acceptors (Lipinski definition) is 3. The van der Waals surface area contributed by atoms with Crippen molar-refractivity contribution in [1.29, 1.82) is 0 Å². The lowest BCUT2D eigenvalue weighted by Crippen LogP contribution is -2.41. The molecule has 1 fully saturated rings. The van der Waals surface area contributed by atoms with Crippen molar-refractivity contribution in [2.24, 2.45) is 7.05 Å². The van der Waals surface area contributed by atoms with Gasteiger partial charge in [0.25, 0.3) is 0 Å². The fraction of sp³-hybridized carbons (Fsp3) is 0.467. The molecule has 1 aliphatic rings. The van der Waals surface area contributed by atoms with Crippen LogP contribution in [0.2, 0.25) is 0 Å². The lowest BCUT2D eigenvalue weighted by Gasteiger charge is -2.21. The Labute approximate surface area is 112 Å². The molecular weight excluding hydrogens is 238 g/mol. The van der Waals surface area contributed by atoms with Crippen LogP contribution in [0, 0.1) is 0 Å². The third-order valence-corrected chi connectivity index (χ3v) is 3.87. The van der Waals surface area contributed by atoms with Gasteiger partial charge in [-0.15, -0.1) is 0 Å². The van der Waals surface area contributed by atoms with E-state index in [1.54, 1.807) is 0 Å². The number of aryl methyl sites for hydroxylation is 1. The summed E-state index contributed by atoms with van der Waals surface area (Å²) in [6.07, 6.45) is 3.71. The second kappa shape index (κ2) is 5.13. The van der Waals surface area contributed by atoms with Gasteiger partial charge in [-0.3, -0.25) is 9.48 Å². The zero-order valence-corrected chi connectivity index (χ0v) is 11.2. The number of benzene rings is 1. The van der Waals surface area contributed by atoms with E-state index < -0.39 is 0 Å². The van der Waals surface area contributed by atoms with E-state index in [4.69, 9.17) is 0 Å². The van der Waals surface area contributed by atoms with Gasteiger partial charge in [-0.1, -0.05) is 24.6 Å². The normalized spacial score (nSPS) is 19.7. The molecule has 4 nitrogen and oxygen atoms in total. The van der Waals surface area contributed by atoms with Crippen LogP contribution in [0.15, 0.2) is 24.3 Å². The number of nitrogens with zero attached hydrogens (tertiary/aromatic N) is 2. The molecule has 0 aliphatic carbocycles. The molecule has 0 spiro atoms. The number of fused-ring (bicyclic) bond motifs is 1. The van der Waals surface area contributed by atoms with Gasteiger partial charge in [0.15, 0.2) is 5.78 Å². The lowest BCUT2D eigenvalue weighted by molar-refractivity contribution is -0.120. The Hall–Kier alpha value is -1.68. The van der Waals surface area contributed by atoms with Gasteiger partial charge in [0.1, 0.15) is 0 Å². The minimum absolute atomic E-state index is 0.0227. The molecule has 1 N–H and O–H groups in total. The molecule has 0 saturated carbocycles. The van der Waals surface area contributed by atoms with E-state index in [-0.39, 0.29) is 11.8 Å². The largest absolute Gasteiger partial charge is 0.307 e. The number of rotatable bonds is 3. The molecular formula is C15H19N3O. The average Bonchev–Trinajstić information content (AvgIpc) is 2.77. The van der Waals surface area contributed by atoms with Crippen molar-refractivity contribution < 1.29 is 4.79 Å². The highest BCUT2D eigenvalue weighted by Gasteiger charge is 2.22. The molecule has 0 radical (unpaired) electrons. The Bertz CT molecular complexity index is 596. The minimum atomic E-state index is 0.0227. The number of aromatic nitrogens is 2. The second-order valence-corrected chi connectivity index (χ2v) is 5.23. The number of nitrogens with one attached hydrogen (secondary N) is 1. The Kier molecular flexibility index (Phi) is 3.34. The molecule has 1 aromatic carbocycles. The Morgan fingerprint density at radius 3 is 3.05 bits per heavy atom. The molecule has 19 heavy (non-hydrogen) atoms. The third-order valence-electron chi connectivity index (χ3n) is 3.87. The van der Waals surface area contributed by atoms with Gasteiger partial charge in [-0.05, 0) is 25.5 Å². The van der Waals surface area contributed by atoms with Gasteiger partial charge in [0.05, 0.1) is 23.7 Å². The highest BCUT2D eigenvalue weighted by Crippen LogP contribution is 2.19. The number of para-hydroxylation sites is 1. The maximum absolute atomic E-state index is 12.3. The molecule has 100 valence electrons. The SMILES string of the molecule is Cn1nc(CC(=O)C2CCCCN2)c2ccccc21. The topological polar surface area (TPSA) is 46.9 Å². The van der Waals surface area contributed by atoms with Gasteiger partial charge in [-0.25, -0.2) is 0 Å². The standard InChI is InChI=1S/C15H19N3O/c1-18-14-8-3-2-6-11(14)13(17-18)10-15(19)12-7-4-5-9-16-12/h2-3,6,8,12,16H,4-5,7,9-10H2,1H3. The summed E-state index contributed by atoms with van der Waals surface area (Å²) >= 11 is 0. The summed E-state index contributed by atoms with van der Waals surface area (Å²) in [6.45, 7) is 0.958. The molecule has 1 aliphatic heterocycles. The summed E-state index contributed by atoms with van der Waals surface area (Å²) in [6, 6.07) is 8.10. The van der Waals surface area contributed by atoms with Gasteiger partial charge in [0.2, 0.25) is 0 Å². The van der Waals surface area contributed by atoms with Gasteiger partial charge in [0, 0.05) is 12.4 Å². The summed E-state index contributed by atoms with van der Waals surface area (Å²) in [5.74, 6) is 0.267. The van der Waals surface area contributed by atoms with Crippen molar-refractivity contribution in [2.45, 2.75) is 31.7 Å². The smallest absolute Gasteiger partial charge is 0.155 e. The zero-order valence-electron chi connectivity index (χ0n) is 11.2. The quantitative estimate of drug-likeness (QED) is 0.912. The predicted octanol–water partition coefficient (Wildman–Crippen LogP) is 1.83. The first-order valence-corrected chi connectivity index (χ1v) is 6.92. The Morgan fingerprint density at radius 2 is 2.26 bits per heavy atom. The van der Waals surface area contributed by atoms with E-state index in [0.29, 0.717) is 6.42 Å². The first kappa shape index (κ1) is 12.4. The van der Waals surface area contributed by atoms with Crippen molar-refractivity contribution in [3.8, 4) is 0 Å².